The second-order valence-electron chi connectivity index (χ2n) is 4.03. The smallest absolute Gasteiger partial charge is 0.344 e. The van der Waals surface area contributed by atoms with Crippen LogP contribution in [0.1, 0.15) is 12.8 Å². The van der Waals surface area contributed by atoms with Gasteiger partial charge >= 0.3 is 5.97 Å². The molecule has 4 heteroatoms. The predicted octanol–water partition coefficient (Wildman–Crippen LogP) is 0.0208. The topological polar surface area (TPSA) is 46.5 Å². The highest BCUT2D eigenvalue weighted by molar-refractivity contribution is 5.83. The molecule has 0 aromatic heterocycles. The molecule has 3 aliphatic rings. The number of fused-ring (bicyclic) bond motifs is 1. The molecule has 0 amide bonds. The summed E-state index contributed by atoms with van der Waals surface area (Å²) in [4.78, 5) is 11.1. The number of halogens is 1. The van der Waals surface area contributed by atoms with Crippen LogP contribution in [-0.2, 0) is 9.53 Å². The van der Waals surface area contributed by atoms with Gasteiger partial charge in [-0.3, -0.25) is 0 Å². The molecule has 3 fully saturated rings. The Hall–Kier alpha value is -0.640. The Kier molecular flexibility index (Phi) is 0.947. The van der Waals surface area contributed by atoms with E-state index in [0.29, 0.717) is 6.42 Å². The predicted molar refractivity (Wildman–Crippen MR) is 35.9 cm³/mol. The Morgan fingerprint density at radius 3 is 3.00 bits per heavy atom. The first-order chi connectivity index (χ1) is 5.63. The Bertz CT molecular complexity index is 267. The number of esters is 1. The summed E-state index contributed by atoms with van der Waals surface area (Å²) < 4.78 is 18.6. The van der Waals surface area contributed by atoms with Gasteiger partial charge in [0.2, 0.25) is 5.67 Å². The first kappa shape index (κ1) is 6.83. The molecule has 0 aromatic carbocycles. The van der Waals surface area contributed by atoms with E-state index in [1.165, 1.54) is 0 Å². The van der Waals surface area contributed by atoms with Crippen LogP contribution >= 0.6 is 0 Å². The summed E-state index contributed by atoms with van der Waals surface area (Å²) in [5, 5.41) is 9.49. The third kappa shape index (κ3) is 0.495. The van der Waals surface area contributed by atoms with E-state index < -0.39 is 23.8 Å². The summed E-state index contributed by atoms with van der Waals surface area (Å²) in [6.45, 7) is 0. The van der Waals surface area contributed by atoms with Crippen LogP contribution in [0, 0.1) is 11.8 Å². The number of aliphatic hydroxyl groups excluding tert-OH is 1. The van der Waals surface area contributed by atoms with E-state index >= 15 is 0 Å². The standard InChI is InChI=1S/C8H9FO3/c9-8-2-3-1-4(8)6(5(3)10)12-7(8)11/h3-6,10H,1-2H2. The van der Waals surface area contributed by atoms with Gasteiger partial charge in [0.1, 0.15) is 6.10 Å². The van der Waals surface area contributed by atoms with Crippen molar-refractivity contribution in [1.29, 1.82) is 0 Å². The highest BCUT2D eigenvalue weighted by Crippen LogP contribution is 2.58. The van der Waals surface area contributed by atoms with Gasteiger partial charge in [-0.15, -0.1) is 0 Å². The van der Waals surface area contributed by atoms with Gasteiger partial charge in [0.15, 0.2) is 0 Å². The molecule has 66 valence electrons. The van der Waals surface area contributed by atoms with Crippen molar-refractivity contribution in [2.75, 3.05) is 0 Å². The summed E-state index contributed by atoms with van der Waals surface area (Å²) in [6.07, 6.45) is -0.408. The quantitative estimate of drug-likeness (QED) is 0.524. The van der Waals surface area contributed by atoms with Gasteiger partial charge < -0.3 is 9.84 Å². The van der Waals surface area contributed by atoms with Crippen molar-refractivity contribution >= 4 is 5.97 Å². The fraction of sp³-hybridized carbons (Fsp3) is 0.875. The van der Waals surface area contributed by atoms with Crippen LogP contribution in [0.5, 0.6) is 0 Å². The van der Waals surface area contributed by atoms with E-state index in [1.807, 2.05) is 0 Å². The van der Waals surface area contributed by atoms with Gasteiger partial charge in [0.25, 0.3) is 0 Å². The van der Waals surface area contributed by atoms with E-state index in [9.17, 15) is 14.3 Å². The molecular formula is C8H9FO3. The minimum Gasteiger partial charge on any atom is -0.457 e. The Balaban J connectivity index is 2.09. The Morgan fingerprint density at radius 2 is 2.42 bits per heavy atom. The molecule has 3 nitrogen and oxygen atoms in total. The van der Waals surface area contributed by atoms with E-state index in [1.54, 1.807) is 0 Å². The number of ether oxygens (including phenoxy) is 1. The van der Waals surface area contributed by atoms with E-state index in [-0.39, 0.29) is 18.3 Å². The summed E-state index contributed by atoms with van der Waals surface area (Å²) in [5.41, 5.74) is -1.76. The second-order valence-corrected chi connectivity index (χ2v) is 4.03. The van der Waals surface area contributed by atoms with Crippen LogP contribution < -0.4 is 0 Å². The molecule has 2 saturated carbocycles. The molecule has 1 saturated heterocycles. The first-order valence-electron chi connectivity index (χ1n) is 4.21. The molecule has 0 spiro atoms. The molecular weight excluding hydrogens is 163 g/mol. The largest absolute Gasteiger partial charge is 0.457 e. The number of rotatable bonds is 0. The first-order valence-corrected chi connectivity index (χ1v) is 4.21. The molecule has 3 rings (SSSR count). The lowest BCUT2D eigenvalue weighted by atomic mass is 9.85. The monoisotopic (exact) mass is 172 g/mol. The molecule has 1 N–H and O–H groups in total. The van der Waals surface area contributed by atoms with Gasteiger partial charge in [0.05, 0.1) is 6.10 Å². The van der Waals surface area contributed by atoms with Gasteiger partial charge in [-0.1, -0.05) is 0 Å². The van der Waals surface area contributed by atoms with Gasteiger partial charge in [-0.25, -0.2) is 9.18 Å². The summed E-state index contributed by atoms with van der Waals surface area (Å²) in [6, 6.07) is 0. The van der Waals surface area contributed by atoms with Crippen LogP contribution in [0.2, 0.25) is 0 Å². The number of hydrogen-bond donors (Lipinski definition) is 1. The van der Waals surface area contributed by atoms with Crippen molar-refractivity contribution < 1.29 is 19.0 Å². The zero-order valence-corrected chi connectivity index (χ0v) is 6.37. The Labute approximate surface area is 68.5 Å². The molecule has 1 heterocycles. The van der Waals surface area contributed by atoms with Crippen molar-refractivity contribution in [3.8, 4) is 0 Å². The van der Waals surface area contributed by atoms with Gasteiger partial charge in [-0.05, 0) is 18.8 Å². The SMILES string of the molecule is O=C1OC2C(O)C3CC2C1(F)C3. The number of alkyl halides is 1. The lowest BCUT2D eigenvalue weighted by Gasteiger charge is -2.23. The number of carbonyl (C=O) groups excluding carboxylic acids is 1. The Morgan fingerprint density at radius 1 is 1.67 bits per heavy atom. The normalized spacial score (nSPS) is 61.0. The van der Waals surface area contributed by atoms with Crippen LogP contribution in [0.3, 0.4) is 0 Å². The third-order valence-electron chi connectivity index (χ3n) is 3.50. The van der Waals surface area contributed by atoms with Gasteiger partial charge in [-0.2, -0.15) is 0 Å². The maximum absolute atomic E-state index is 13.8. The molecule has 2 bridgehead atoms. The molecule has 0 aromatic rings. The van der Waals surface area contributed by atoms with E-state index in [2.05, 4.69) is 0 Å². The second kappa shape index (κ2) is 1.66. The molecule has 5 unspecified atom stereocenters. The minimum atomic E-state index is -1.76. The van der Waals surface area contributed by atoms with Gasteiger partial charge in [0, 0.05) is 5.92 Å². The molecule has 0 radical (unpaired) electrons. The van der Waals surface area contributed by atoms with E-state index in [0.717, 1.165) is 0 Å². The fourth-order valence-electron chi connectivity index (χ4n) is 2.90. The molecule has 2 aliphatic carbocycles. The van der Waals surface area contributed by atoms with Crippen molar-refractivity contribution in [2.45, 2.75) is 30.7 Å². The van der Waals surface area contributed by atoms with Crippen molar-refractivity contribution in [3.05, 3.63) is 0 Å². The highest BCUT2D eigenvalue weighted by Gasteiger charge is 2.71. The third-order valence-corrected chi connectivity index (χ3v) is 3.50. The minimum absolute atomic E-state index is 0.0588. The van der Waals surface area contributed by atoms with E-state index in [4.69, 9.17) is 4.74 Å². The highest BCUT2D eigenvalue weighted by atomic mass is 19.1. The van der Waals surface area contributed by atoms with Crippen molar-refractivity contribution in [1.82, 2.24) is 0 Å². The lowest BCUT2D eigenvalue weighted by Crippen LogP contribution is -2.39. The fourth-order valence-corrected chi connectivity index (χ4v) is 2.90. The summed E-state index contributed by atoms with van der Waals surface area (Å²) in [5.74, 6) is -1.18. The average molecular weight is 172 g/mol. The molecule has 1 aliphatic heterocycles. The molecule has 12 heavy (non-hydrogen) atoms. The summed E-state index contributed by atoms with van der Waals surface area (Å²) in [7, 11) is 0. The van der Waals surface area contributed by atoms with Crippen LogP contribution in [0.15, 0.2) is 0 Å². The summed E-state index contributed by atoms with van der Waals surface area (Å²) >= 11 is 0. The zero-order valence-electron chi connectivity index (χ0n) is 6.37. The maximum atomic E-state index is 13.8. The zero-order chi connectivity index (χ0) is 8.51. The van der Waals surface area contributed by atoms with Crippen LogP contribution in [-0.4, -0.2) is 29.0 Å². The van der Waals surface area contributed by atoms with Crippen molar-refractivity contribution in [3.63, 3.8) is 0 Å². The number of carbonyl (C=O) groups is 1. The average Bonchev–Trinajstić information content (AvgIpc) is 2.53. The van der Waals surface area contributed by atoms with Crippen LogP contribution in [0.25, 0.3) is 0 Å². The van der Waals surface area contributed by atoms with Crippen LogP contribution in [0.4, 0.5) is 4.39 Å². The number of hydrogen-bond acceptors (Lipinski definition) is 3. The lowest BCUT2D eigenvalue weighted by molar-refractivity contribution is -0.150. The maximum Gasteiger partial charge on any atom is 0.344 e. The molecule has 5 atom stereocenters. The number of aliphatic hydroxyl groups is 1. The van der Waals surface area contributed by atoms with Crippen molar-refractivity contribution in [2.24, 2.45) is 11.8 Å².